The predicted molar refractivity (Wildman–Crippen MR) is 137 cm³/mol. The first-order valence-electron chi connectivity index (χ1n) is 9.94. The van der Waals surface area contributed by atoms with Crippen LogP contribution in [0.1, 0.15) is 16.7 Å². The fourth-order valence-electron chi connectivity index (χ4n) is 3.33. The highest BCUT2D eigenvalue weighted by Crippen LogP contribution is 2.25. The van der Waals surface area contributed by atoms with Gasteiger partial charge in [-0.25, -0.2) is 16.8 Å². The summed E-state index contributed by atoms with van der Waals surface area (Å²) >= 11 is 5.29. The van der Waals surface area contributed by atoms with E-state index in [1.54, 1.807) is 24.3 Å². The van der Waals surface area contributed by atoms with Crippen molar-refractivity contribution in [1.29, 1.82) is 0 Å². The van der Waals surface area contributed by atoms with Crippen LogP contribution < -0.4 is 15.4 Å². The number of aryl methyl sites for hydroxylation is 3. The molecule has 7 nitrogen and oxygen atoms in total. The van der Waals surface area contributed by atoms with Crippen molar-refractivity contribution in [3.8, 4) is 0 Å². The lowest BCUT2D eigenvalue weighted by Gasteiger charge is -2.15. The van der Waals surface area contributed by atoms with E-state index in [1.165, 1.54) is 24.3 Å². The Kier molecular flexibility index (Phi) is 7.11. The molecule has 0 radical (unpaired) electrons. The molecule has 0 fully saturated rings. The first kappa shape index (κ1) is 24.7. The molecule has 33 heavy (non-hydrogen) atoms. The van der Waals surface area contributed by atoms with Crippen LogP contribution in [0.4, 0.5) is 17.1 Å². The van der Waals surface area contributed by atoms with Crippen LogP contribution in [0.15, 0.2) is 70.5 Å². The minimum absolute atomic E-state index is 0.127. The zero-order valence-electron chi connectivity index (χ0n) is 18.6. The maximum Gasteiger partial charge on any atom is 0.261 e. The van der Waals surface area contributed by atoms with Crippen molar-refractivity contribution < 1.29 is 16.8 Å². The van der Waals surface area contributed by atoms with Crippen LogP contribution in [0, 0.1) is 20.8 Å². The molecule has 0 saturated heterocycles. The zero-order chi connectivity index (χ0) is 24.4. The molecule has 3 N–H and O–H groups in total. The van der Waals surface area contributed by atoms with Gasteiger partial charge in [-0.15, -0.1) is 0 Å². The van der Waals surface area contributed by atoms with E-state index in [0.29, 0.717) is 17.1 Å². The number of sulfone groups is 1. The van der Waals surface area contributed by atoms with Crippen molar-refractivity contribution in [3.63, 3.8) is 0 Å². The average molecular weight is 504 g/mol. The molecule has 0 amide bonds. The van der Waals surface area contributed by atoms with Gasteiger partial charge in [-0.2, -0.15) is 0 Å². The molecule has 3 aromatic carbocycles. The van der Waals surface area contributed by atoms with Crippen molar-refractivity contribution in [3.05, 3.63) is 77.4 Å². The van der Waals surface area contributed by atoms with Crippen molar-refractivity contribution in [2.24, 2.45) is 0 Å². The number of anilines is 3. The van der Waals surface area contributed by atoms with Gasteiger partial charge in [0, 0.05) is 17.6 Å². The summed E-state index contributed by atoms with van der Waals surface area (Å²) in [7, 11) is -7.03. The van der Waals surface area contributed by atoms with Gasteiger partial charge < -0.3 is 10.6 Å². The lowest BCUT2D eigenvalue weighted by Crippen LogP contribution is -2.19. The molecule has 0 heterocycles. The van der Waals surface area contributed by atoms with Crippen molar-refractivity contribution in [1.82, 2.24) is 0 Å². The summed E-state index contributed by atoms with van der Waals surface area (Å²) in [5.41, 5.74) is 4.58. The molecule has 0 unspecified atom stereocenters. The summed E-state index contributed by atoms with van der Waals surface area (Å²) in [5.74, 6) is 0. The van der Waals surface area contributed by atoms with Crippen molar-refractivity contribution >= 4 is 54.3 Å². The second kappa shape index (κ2) is 9.50. The Morgan fingerprint density at radius 2 is 1.15 bits per heavy atom. The summed E-state index contributed by atoms with van der Waals surface area (Å²) < 4.78 is 51.5. The van der Waals surface area contributed by atoms with E-state index in [2.05, 4.69) is 15.4 Å². The predicted octanol–water partition coefficient (Wildman–Crippen LogP) is 4.63. The topological polar surface area (TPSA) is 104 Å². The molecule has 10 heteroatoms. The second-order valence-electron chi connectivity index (χ2n) is 7.78. The van der Waals surface area contributed by atoms with Crippen LogP contribution in [0.3, 0.4) is 0 Å². The van der Waals surface area contributed by atoms with Gasteiger partial charge in [0.2, 0.25) is 0 Å². The molecular weight excluding hydrogens is 478 g/mol. The largest absolute Gasteiger partial charge is 0.332 e. The molecule has 0 saturated carbocycles. The number of hydrogen-bond donors (Lipinski definition) is 3. The van der Waals surface area contributed by atoms with Crippen LogP contribution in [0.25, 0.3) is 0 Å². The highest BCUT2D eigenvalue weighted by atomic mass is 32.2. The van der Waals surface area contributed by atoms with Gasteiger partial charge in [0.05, 0.1) is 15.5 Å². The Morgan fingerprint density at radius 3 is 1.58 bits per heavy atom. The number of sulfonamides is 1. The van der Waals surface area contributed by atoms with Crippen LogP contribution in [0.2, 0.25) is 0 Å². The Morgan fingerprint density at radius 1 is 0.727 bits per heavy atom. The fourth-order valence-corrected chi connectivity index (χ4v) is 5.40. The first-order chi connectivity index (χ1) is 15.3. The number of hydrogen-bond acceptors (Lipinski definition) is 5. The van der Waals surface area contributed by atoms with Gasteiger partial charge in [0.15, 0.2) is 14.9 Å². The summed E-state index contributed by atoms with van der Waals surface area (Å²) in [4.78, 5) is 0.344. The quantitative estimate of drug-likeness (QED) is 0.422. The van der Waals surface area contributed by atoms with Crippen LogP contribution in [-0.2, 0) is 19.9 Å². The molecule has 0 spiro atoms. The molecule has 0 aromatic heterocycles. The Balaban J connectivity index is 1.68. The van der Waals surface area contributed by atoms with Gasteiger partial charge in [-0.05, 0) is 92.6 Å². The second-order valence-corrected chi connectivity index (χ2v) is 11.9. The smallest absolute Gasteiger partial charge is 0.261 e. The maximum absolute atomic E-state index is 12.9. The van der Waals surface area contributed by atoms with Crippen LogP contribution in [0.5, 0.6) is 0 Å². The van der Waals surface area contributed by atoms with Crippen molar-refractivity contribution in [2.45, 2.75) is 30.6 Å². The normalized spacial score (nSPS) is 11.6. The Labute approximate surface area is 200 Å². The molecule has 0 atom stereocenters. The van der Waals surface area contributed by atoms with E-state index in [4.69, 9.17) is 12.2 Å². The van der Waals surface area contributed by atoms with Crippen LogP contribution in [-0.4, -0.2) is 28.2 Å². The highest BCUT2D eigenvalue weighted by Gasteiger charge is 2.17. The standard InChI is InChI=1S/C23H25N3O4S3/c1-15-13-16(2)22(17(3)14-15)26-33(29,30)21-11-7-19(8-12-21)25-23(31)24-18-5-9-20(10-6-18)32(4,27)28/h5-14,26H,1-4H3,(H2,24,25,31). The molecule has 3 aromatic rings. The van der Waals surface area contributed by atoms with Crippen LogP contribution >= 0.6 is 12.2 Å². The highest BCUT2D eigenvalue weighted by molar-refractivity contribution is 7.92. The molecule has 0 aliphatic rings. The van der Waals surface area contributed by atoms with Gasteiger partial charge in [0.25, 0.3) is 10.0 Å². The molecule has 3 rings (SSSR count). The third-order valence-electron chi connectivity index (χ3n) is 4.88. The number of benzene rings is 3. The van der Waals surface area contributed by atoms with Crippen molar-refractivity contribution in [2.75, 3.05) is 21.6 Å². The third kappa shape index (κ3) is 6.31. The molecule has 0 bridgehead atoms. The van der Waals surface area contributed by atoms with Gasteiger partial charge in [0.1, 0.15) is 0 Å². The zero-order valence-corrected chi connectivity index (χ0v) is 21.1. The van der Waals surface area contributed by atoms with Gasteiger partial charge in [-0.1, -0.05) is 17.7 Å². The Hall–Kier alpha value is -2.95. The number of thiocarbonyl (C=S) groups is 1. The number of nitrogens with one attached hydrogen (secondary N) is 3. The maximum atomic E-state index is 12.9. The van der Waals surface area contributed by atoms with E-state index in [9.17, 15) is 16.8 Å². The molecule has 174 valence electrons. The average Bonchev–Trinajstić information content (AvgIpc) is 2.71. The SMILES string of the molecule is Cc1cc(C)c(NS(=O)(=O)c2ccc(NC(=S)Nc3ccc(S(C)(=O)=O)cc3)cc2)c(C)c1. The minimum atomic E-state index is -3.76. The number of rotatable bonds is 6. The Bertz CT molecular complexity index is 1380. The van der Waals surface area contributed by atoms with E-state index in [-0.39, 0.29) is 14.9 Å². The molecule has 0 aliphatic carbocycles. The molecular formula is C23H25N3O4S3. The monoisotopic (exact) mass is 503 g/mol. The van der Waals surface area contributed by atoms with Gasteiger partial charge in [-0.3, -0.25) is 4.72 Å². The lowest BCUT2D eigenvalue weighted by atomic mass is 10.1. The summed E-state index contributed by atoms with van der Waals surface area (Å²) in [5, 5.41) is 6.21. The van der Waals surface area contributed by atoms with E-state index in [1.807, 2.05) is 32.9 Å². The summed E-state index contributed by atoms with van der Waals surface area (Å²) in [6, 6.07) is 16.3. The van der Waals surface area contributed by atoms with E-state index in [0.717, 1.165) is 22.9 Å². The summed E-state index contributed by atoms with van der Waals surface area (Å²) in [6.45, 7) is 5.70. The third-order valence-corrected chi connectivity index (χ3v) is 7.57. The van der Waals surface area contributed by atoms with E-state index < -0.39 is 19.9 Å². The fraction of sp³-hybridized carbons (Fsp3) is 0.174. The summed E-state index contributed by atoms with van der Waals surface area (Å²) in [6.07, 6.45) is 1.14. The first-order valence-corrected chi connectivity index (χ1v) is 13.7. The lowest BCUT2D eigenvalue weighted by molar-refractivity contribution is 0.599. The van der Waals surface area contributed by atoms with E-state index >= 15 is 0 Å². The van der Waals surface area contributed by atoms with Gasteiger partial charge >= 0.3 is 0 Å². The molecule has 0 aliphatic heterocycles. The minimum Gasteiger partial charge on any atom is -0.332 e.